The molecule has 0 radical (unpaired) electrons. The standard InChI is InChI=1S/C11H12BrClN2OS/c1-6-3-7(15(2)14-6)4-9(16)10-5-8(12)11(13)17-10/h3,5,9,16H,4H2,1-2H3. The van der Waals surface area contributed by atoms with E-state index in [4.69, 9.17) is 11.6 Å². The van der Waals surface area contributed by atoms with E-state index in [1.165, 1.54) is 11.3 Å². The second-order valence-corrected chi connectivity index (χ2v) is 6.43. The minimum absolute atomic E-state index is 0.542. The van der Waals surface area contributed by atoms with Crippen LogP contribution in [0.4, 0.5) is 0 Å². The molecule has 0 aliphatic heterocycles. The maximum Gasteiger partial charge on any atom is 0.107 e. The van der Waals surface area contributed by atoms with Crippen LogP contribution in [0.1, 0.15) is 22.4 Å². The lowest BCUT2D eigenvalue weighted by Gasteiger charge is -2.08. The number of aliphatic hydroxyl groups is 1. The summed E-state index contributed by atoms with van der Waals surface area (Å²) in [6.45, 7) is 1.94. The van der Waals surface area contributed by atoms with Gasteiger partial charge in [-0.15, -0.1) is 11.3 Å². The fourth-order valence-electron chi connectivity index (χ4n) is 1.68. The summed E-state index contributed by atoms with van der Waals surface area (Å²) < 4.78 is 3.29. The molecule has 6 heteroatoms. The van der Waals surface area contributed by atoms with Crippen molar-refractivity contribution in [1.82, 2.24) is 9.78 Å². The van der Waals surface area contributed by atoms with Crippen molar-refractivity contribution >= 4 is 38.9 Å². The van der Waals surface area contributed by atoms with Crippen LogP contribution in [0.5, 0.6) is 0 Å². The zero-order chi connectivity index (χ0) is 12.6. The lowest BCUT2D eigenvalue weighted by molar-refractivity contribution is 0.179. The van der Waals surface area contributed by atoms with Crippen LogP contribution < -0.4 is 0 Å². The van der Waals surface area contributed by atoms with E-state index in [2.05, 4.69) is 21.0 Å². The average molecular weight is 336 g/mol. The number of hydrogen-bond donors (Lipinski definition) is 1. The first-order valence-electron chi connectivity index (χ1n) is 5.09. The zero-order valence-electron chi connectivity index (χ0n) is 9.44. The molecule has 1 atom stereocenters. The molecule has 2 heterocycles. The topological polar surface area (TPSA) is 38.0 Å². The monoisotopic (exact) mass is 334 g/mol. The van der Waals surface area contributed by atoms with Gasteiger partial charge in [0.1, 0.15) is 4.34 Å². The van der Waals surface area contributed by atoms with Crippen LogP contribution in [0.25, 0.3) is 0 Å². The molecule has 1 unspecified atom stereocenters. The number of rotatable bonds is 3. The third-order valence-electron chi connectivity index (χ3n) is 2.49. The predicted octanol–water partition coefficient (Wildman–Crippen LogP) is 3.48. The Morgan fingerprint density at radius 3 is 2.76 bits per heavy atom. The van der Waals surface area contributed by atoms with Crippen molar-refractivity contribution in [1.29, 1.82) is 0 Å². The molecule has 3 nitrogen and oxygen atoms in total. The van der Waals surface area contributed by atoms with Gasteiger partial charge in [0, 0.05) is 28.5 Å². The van der Waals surface area contributed by atoms with Crippen molar-refractivity contribution in [2.75, 3.05) is 0 Å². The minimum atomic E-state index is -0.543. The van der Waals surface area contributed by atoms with Gasteiger partial charge in [0.2, 0.25) is 0 Å². The third kappa shape index (κ3) is 2.91. The van der Waals surface area contributed by atoms with E-state index in [-0.39, 0.29) is 0 Å². The van der Waals surface area contributed by atoms with Crippen LogP contribution in [-0.4, -0.2) is 14.9 Å². The maximum atomic E-state index is 10.1. The van der Waals surface area contributed by atoms with E-state index in [0.717, 1.165) is 20.7 Å². The summed E-state index contributed by atoms with van der Waals surface area (Å²) in [6, 6.07) is 3.84. The van der Waals surface area contributed by atoms with Gasteiger partial charge in [-0.05, 0) is 35.0 Å². The molecule has 2 aromatic heterocycles. The highest BCUT2D eigenvalue weighted by Gasteiger charge is 2.15. The van der Waals surface area contributed by atoms with E-state index >= 15 is 0 Å². The van der Waals surface area contributed by atoms with Gasteiger partial charge in [-0.2, -0.15) is 5.10 Å². The summed E-state index contributed by atoms with van der Waals surface area (Å²) >= 11 is 10.7. The van der Waals surface area contributed by atoms with Crippen LogP contribution in [0.15, 0.2) is 16.6 Å². The number of thiophene rings is 1. The molecule has 0 aliphatic carbocycles. The summed E-state index contributed by atoms with van der Waals surface area (Å²) in [5.74, 6) is 0. The average Bonchev–Trinajstić information content (AvgIpc) is 2.72. The maximum absolute atomic E-state index is 10.1. The highest BCUT2D eigenvalue weighted by Crippen LogP contribution is 2.36. The quantitative estimate of drug-likeness (QED) is 0.932. The summed E-state index contributed by atoms with van der Waals surface area (Å²) in [4.78, 5) is 0.862. The third-order valence-corrected chi connectivity index (χ3v) is 5.07. The SMILES string of the molecule is Cc1cc(CC(O)c2cc(Br)c(Cl)s2)n(C)n1. The molecule has 0 aliphatic rings. The Morgan fingerprint density at radius 2 is 2.29 bits per heavy atom. The molecule has 2 aromatic rings. The highest BCUT2D eigenvalue weighted by atomic mass is 79.9. The Balaban J connectivity index is 2.16. The van der Waals surface area contributed by atoms with Crippen LogP contribution in [0, 0.1) is 6.92 Å². The molecular weight excluding hydrogens is 324 g/mol. The Morgan fingerprint density at radius 1 is 1.59 bits per heavy atom. The second kappa shape index (κ2) is 5.10. The van der Waals surface area contributed by atoms with E-state index in [1.807, 2.05) is 26.1 Å². The van der Waals surface area contributed by atoms with Crippen LogP contribution in [-0.2, 0) is 13.5 Å². The van der Waals surface area contributed by atoms with E-state index in [9.17, 15) is 5.11 Å². The molecular formula is C11H12BrClN2OS. The van der Waals surface area contributed by atoms with Crippen molar-refractivity contribution in [3.8, 4) is 0 Å². The number of nitrogens with zero attached hydrogens (tertiary/aromatic N) is 2. The lowest BCUT2D eigenvalue weighted by atomic mass is 10.1. The number of aromatic nitrogens is 2. The molecule has 0 bridgehead atoms. The van der Waals surface area contributed by atoms with Crippen molar-refractivity contribution in [3.05, 3.63) is 37.2 Å². The summed E-state index contributed by atoms with van der Waals surface area (Å²) in [7, 11) is 1.88. The van der Waals surface area contributed by atoms with Crippen molar-refractivity contribution < 1.29 is 5.11 Å². The summed E-state index contributed by atoms with van der Waals surface area (Å²) in [6.07, 6.45) is -0.000679. The lowest BCUT2D eigenvalue weighted by Crippen LogP contribution is -2.05. The summed E-state index contributed by atoms with van der Waals surface area (Å²) in [5, 5.41) is 14.4. The molecule has 0 aromatic carbocycles. The Hall–Kier alpha value is -0.360. The van der Waals surface area contributed by atoms with Crippen LogP contribution in [0.3, 0.4) is 0 Å². The van der Waals surface area contributed by atoms with Crippen molar-refractivity contribution in [2.24, 2.45) is 7.05 Å². The van der Waals surface area contributed by atoms with Gasteiger partial charge in [-0.25, -0.2) is 0 Å². The van der Waals surface area contributed by atoms with Gasteiger partial charge in [0.15, 0.2) is 0 Å². The molecule has 1 N–H and O–H groups in total. The number of halogens is 2. The Kier molecular flexibility index (Phi) is 3.92. The second-order valence-electron chi connectivity index (χ2n) is 3.89. The normalized spacial score (nSPS) is 13.0. The predicted molar refractivity (Wildman–Crippen MR) is 73.6 cm³/mol. The molecule has 2 rings (SSSR count). The van der Waals surface area contributed by atoms with Gasteiger partial charge in [0.05, 0.1) is 11.8 Å². The first kappa shape index (κ1) is 13.1. The molecule has 0 saturated heterocycles. The summed E-state index contributed by atoms with van der Waals surface area (Å²) in [5.41, 5.74) is 1.97. The first-order chi connectivity index (χ1) is 7.97. The van der Waals surface area contributed by atoms with Crippen molar-refractivity contribution in [2.45, 2.75) is 19.4 Å². The molecule has 0 spiro atoms. The van der Waals surface area contributed by atoms with Gasteiger partial charge in [-0.3, -0.25) is 4.68 Å². The molecule has 0 saturated carbocycles. The first-order valence-corrected chi connectivity index (χ1v) is 7.08. The zero-order valence-corrected chi connectivity index (χ0v) is 12.6. The molecule has 92 valence electrons. The van der Waals surface area contributed by atoms with Crippen LogP contribution in [0.2, 0.25) is 4.34 Å². The smallest absolute Gasteiger partial charge is 0.107 e. The van der Waals surface area contributed by atoms with Gasteiger partial charge in [-0.1, -0.05) is 11.6 Å². The van der Waals surface area contributed by atoms with Crippen LogP contribution >= 0.6 is 38.9 Å². The fourth-order valence-corrected chi connectivity index (χ4v) is 3.40. The van der Waals surface area contributed by atoms with E-state index < -0.39 is 6.10 Å². The Labute approximate surface area is 117 Å². The van der Waals surface area contributed by atoms with Gasteiger partial charge in [0.25, 0.3) is 0 Å². The number of aliphatic hydroxyl groups excluding tert-OH is 1. The van der Waals surface area contributed by atoms with Gasteiger partial charge >= 0.3 is 0 Å². The fraction of sp³-hybridized carbons (Fsp3) is 0.364. The van der Waals surface area contributed by atoms with E-state index in [1.54, 1.807) is 4.68 Å². The number of hydrogen-bond acceptors (Lipinski definition) is 3. The molecule has 17 heavy (non-hydrogen) atoms. The molecule has 0 amide bonds. The highest BCUT2D eigenvalue weighted by molar-refractivity contribution is 9.10. The number of aryl methyl sites for hydroxylation is 2. The molecule has 0 fully saturated rings. The van der Waals surface area contributed by atoms with Gasteiger partial charge < -0.3 is 5.11 Å². The Bertz CT molecular complexity index is 518. The van der Waals surface area contributed by atoms with Crippen molar-refractivity contribution in [3.63, 3.8) is 0 Å². The largest absolute Gasteiger partial charge is 0.387 e. The van der Waals surface area contributed by atoms with E-state index in [0.29, 0.717) is 10.8 Å². The minimum Gasteiger partial charge on any atom is -0.387 e.